The molecule has 0 aliphatic heterocycles. The highest BCUT2D eigenvalue weighted by Crippen LogP contribution is 2.36. The van der Waals surface area contributed by atoms with Gasteiger partial charge in [0, 0.05) is 0 Å². The predicted octanol–water partition coefficient (Wildman–Crippen LogP) is 5.90. The van der Waals surface area contributed by atoms with Gasteiger partial charge in [0.25, 0.3) is 0 Å². The molecule has 1 aromatic rings. The van der Waals surface area contributed by atoms with Gasteiger partial charge in [-0.2, -0.15) is 0 Å². The van der Waals surface area contributed by atoms with Crippen molar-refractivity contribution in [2.24, 2.45) is 5.41 Å². The molecule has 1 nitrogen and oxygen atoms in total. The number of rotatable bonds is 7. The standard InChI is InChI=1S/C17H23F3O/c1-5-6-10-16(4,13(2)3)12-14-8-7-9-15(11-14)21-17(18,19)20/h7-9,11H,2,5-6,10,12H2,1,3-4H3. The molecule has 21 heavy (non-hydrogen) atoms. The van der Waals surface area contributed by atoms with Crippen molar-refractivity contribution in [2.45, 2.75) is 52.8 Å². The highest BCUT2D eigenvalue weighted by molar-refractivity contribution is 5.30. The number of unbranched alkanes of at least 4 members (excludes halogenated alkanes) is 1. The lowest BCUT2D eigenvalue weighted by molar-refractivity contribution is -0.274. The van der Waals surface area contributed by atoms with E-state index in [9.17, 15) is 13.2 Å². The van der Waals surface area contributed by atoms with Crippen LogP contribution in [0.2, 0.25) is 0 Å². The molecule has 0 heterocycles. The van der Waals surface area contributed by atoms with Gasteiger partial charge in [-0.15, -0.1) is 13.2 Å². The molecular formula is C17H23F3O. The highest BCUT2D eigenvalue weighted by atomic mass is 19.4. The SMILES string of the molecule is C=C(C)C(C)(CCCC)Cc1cccc(OC(F)(F)F)c1. The Morgan fingerprint density at radius 1 is 1.29 bits per heavy atom. The molecule has 0 aromatic heterocycles. The van der Waals surface area contributed by atoms with E-state index in [0.717, 1.165) is 30.4 Å². The molecule has 1 aromatic carbocycles. The van der Waals surface area contributed by atoms with Crippen molar-refractivity contribution in [3.63, 3.8) is 0 Å². The largest absolute Gasteiger partial charge is 0.573 e. The summed E-state index contributed by atoms with van der Waals surface area (Å²) >= 11 is 0. The molecule has 0 fully saturated rings. The number of alkyl halides is 3. The average Bonchev–Trinajstić information content (AvgIpc) is 2.34. The maximum atomic E-state index is 12.3. The van der Waals surface area contributed by atoms with Crippen LogP contribution in [-0.4, -0.2) is 6.36 Å². The number of ether oxygens (including phenoxy) is 1. The molecule has 1 atom stereocenters. The fourth-order valence-electron chi connectivity index (χ4n) is 2.32. The summed E-state index contributed by atoms with van der Waals surface area (Å²) in [5.41, 5.74) is 1.78. The zero-order valence-electron chi connectivity index (χ0n) is 12.9. The lowest BCUT2D eigenvalue weighted by Gasteiger charge is -2.30. The van der Waals surface area contributed by atoms with Crippen LogP contribution >= 0.6 is 0 Å². The van der Waals surface area contributed by atoms with Gasteiger partial charge in [0.15, 0.2) is 0 Å². The van der Waals surface area contributed by atoms with Crippen molar-refractivity contribution in [1.82, 2.24) is 0 Å². The zero-order chi connectivity index (χ0) is 16.1. The molecule has 118 valence electrons. The average molecular weight is 300 g/mol. The Labute approximate surface area is 124 Å². The number of halogens is 3. The molecule has 4 heteroatoms. The molecule has 0 amide bonds. The summed E-state index contributed by atoms with van der Waals surface area (Å²) in [5.74, 6) is -0.167. The minimum atomic E-state index is -4.65. The minimum absolute atomic E-state index is 0.104. The van der Waals surface area contributed by atoms with Crippen molar-refractivity contribution in [1.29, 1.82) is 0 Å². The normalized spacial score (nSPS) is 14.6. The van der Waals surface area contributed by atoms with Crippen molar-refractivity contribution in [3.05, 3.63) is 42.0 Å². The second-order valence-corrected chi connectivity index (χ2v) is 5.82. The van der Waals surface area contributed by atoms with Crippen molar-refractivity contribution < 1.29 is 17.9 Å². The zero-order valence-corrected chi connectivity index (χ0v) is 12.9. The van der Waals surface area contributed by atoms with E-state index in [2.05, 4.69) is 25.2 Å². The van der Waals surface area contributed by atoms with E-state index in [1.54, 1.807) is 6.07 Å². The lowest BCUT2D eigenvalue weighted by Crippen LogP contribution is -2.21. The second kappa shape index (κ2) is 7.01. The smallest absolute Gasteiger partial charge is 0.406 e. The van der Waals surface area contributed by atoms with Crippen molar-refractivity contribution in [2.75, 3.05) is 0 Å². The molecule has 0 bridgehead atoms. The topological polar surface area (TPSA) is 9.23 Å². The van der Waals surface area contributed by atoms with Crippen LogP contribution in [0.1, 0.15) is 45.6 Å². The molecule has 0 saturated heterocycles. The number of hydrogen-bond acceptors (Lipinski definition) is 1. The number of hydrogen-bond donors (Lipinski definition) is 0. The molecule has 0 aliphatic carbocycles. The Morgan fingerprint density at radius 3 is 2.48 bits per heavy atom. The molecule has 0 N–H and O–H groups in total. The van der Waals surface area contributed by atoms with E-state index in [1.807, 2.05) is 13.0 Å². The molecule has 1 rings (SSSR count). The first-order valence-electron chi connectivity index (χ1n) is 7.17. The van der Waals surface area contributed by atoms with Crippen LogP contribution in [0.3, 0.4) is 0 Å². The van der Waals surface area contributed by atoms with Crippen LogP contribution in [0.25, 0.3) is 0 Å². The van der Waals surface area contributed by atoms with Gasteiger partial charge in [0.2, 0.25) is 0 Å². The van der Waals surface area contributed by atoms with Gasteiger partial charge in [0.1, 0.15) is 5.75 Å². The minimum Gasteiger partial charge on any atom is -0.406 e. The number of allylic oxidation sites excluding steroid dienone is 1. The highest BCUT2D eigenvalue weighted by Gasteiger charge is 2.31. The Kier molecular flexibility index (Phi) is 5.87. The molecule has 0 aliphatic rings. The van der Waals surface area contributed by atoms with E-state index in [4.69, 9.17) is 0 Å². The van der Waals surface area contributed by atoms with Crippen molar-refractivity contribution in [3.8, 4) is 5.75 Å². The van der Waals surface area contributed by atoms with Gasteiger partial charge in [-0.25, -0.2) is 0 Å². The van der Waals surface area contributed by atoms with Gasteiger partial charge >= 0.3 is 6.36 Å². The van der Waals surface area contributed by atoms with Crippen LogP contribution in [0.4, 0.5) is 13.2 Å². The third-order valence-electron chi connectivity index (χ3n) is 3.84. The van der Waals surface area contributed by atoms with Crippen LogP contribution in [0.5, 0.6) is 5.75 Å². The predicted molar refractivity (Wildman–Crippen MR) is 79.3 cm³/mol. The molecular weight excluding hydrogens is 277 g/mol. The van der Waals surface area contributed by atoms with Crippen LogP contribution in [0, 0.1) is 5.41 Å². The third-order valence-corrected chi connectivity index (χ3v) is 3.84. The summed E-state index contributed by atoms with van der Waals surface area (Å²) in [7, 11) is 0. The summed E-state index contributed by atoms with van der Waals surface area (Å²) in [5, 5.41) is 0. The fraction of sp³-hybridized carbons (Fsp3) is 0.529. The lowest BCUT2D eigenvalue weighted by atomic mass is 9.74. The van der Waals surface area contributed by atoms with E-state index < -0.39 is 6.36 Å². The first-order chi connectivity index (χ1) is 9.66. The monoisotopic (exact) mass is 300 g/mol. The first-order valence-corrected chi connectivity index (χ1v) is 7.17. The van der Waals surface area contributed by atoms with E-state index >= 15 is 0 Å². The van der Waals surface area contributed by atoms with Gasteiger partial charge in [-0.1, -0.05) is 51.0 Å². The summed E-state index contributed by atoms with van der Waals surface area (Å²) in [6.07, 6.45) is -0.860. The van der Waals surface area contributed by atoms with Crippen molar-refractivity contribution >= 4 is 0 Å². The quantitative estimate of drug-likeness (QED) is 0.570. The van der Waals surface area contributed by atoms with Gasteiger partial charge in [-0.3, -0.25) is 0 Å². The first kappa shape index (κ1) is 17.6. The van der Waals surface area contributed by atoms with E-state index in [1.165, 1.54) is 12.1 Å². The maximum absolute atomic E-state index is 12.3. The summed E-state index contributed by atoms with van der Waals surface area (Å²) in [6, 6.07) is 6.20. The Bertz CT molecular complexity index is 479. The Balaban J connectivity index is 2.89. The Morgan fingerprint density at radius 2 is 1.95 bits per heavy atom. The van der Waals surface area contributed by atoms with Gasteiger partial charge in [-0.05, 0) is 42.9 Å². The fourth-order valence-corrected chi connectivity index (χ4v) is 2.32. The van der Waals surface area contributed by atoms with Gasteiger partial charge in [0.05, 0.1) is 0 Å². The molecule has 0 saturated carbocycles. The van der Waals surface area contributed by atoms with Gasteiger partial charge < -0.3 is 4.74 Å². The summed E-state index contributed by atoms with van der Waals surface area (Å²) < 4.78 is 40.8. The third kappa shape index (κ3) is 5.82. The Hall–Kier alpha value is -1.45. The molecule has 0 spiro atoms. The summed E-state index contributed by atoms with van der Waals surface area (Å²) in [6.45, 7) is 10.3. The van der Waals surface area contributed by atoms with E-state index in [0.29, 0.717) is 6.42 Å². The van der Waals surface area contributed by atoms with Crippen LogP contribution < -0.4 is 4.74 Å². The second-order valence-electron chi connectivity index (χ2n) is 5.82. The molecule has 1 unspecified atom stereocenters. The van der Waals surface area contributed by atoms with Crippen LogP contribution in [-0.2, 0) is 6.42 Å². The van der Waals surface area contributed by atoms with E-state index in [-0.39, 0.29) is 11.2 Å². The molecule has 0 radical (unpaired) electrons. The van der Waals surface area contributed by atoms with Crippen LogP contribution in [0.15, 0.2) is 36.4 Å². The maximum Gasteiger partial charge on any atom is 0.573 e. The number of benzene rings is 1. The summed E-state index contributed by atoms with van der Waals surface area (Å²) in [4.78, 5) is 0.